The number of amides is 2. The van der Waals surface area contributed by atoms with Gasteiger partial charge >= 0.3 is 6.03 Å². The van der Waals surface area contributed by atoms with Crippen LogP contribution in [0.1, 0.15) is 17.5 Å². The standard InChI is InChI=1S/C20H24ClN3O3S/c1-15-7-8-19(16(2)13-15)28(26,27)24-10-4-9-23(11-12-24)20(25)22-18-6-3-5-17(21)14-18/h3,5-8,13-14H,4,9-12H2,1-2H3,(H,22,25). The third kappa shape index (κ3) is 4.66. The molecule has 28 heavy (non-hydrogen) atoms. The van der Waals surface area contributed by atoms with Gasteiger partial charge in [0.25, 0.3) is 0 Å². The summed E-state index contributed by atoms with van der Waals surface area (Å²) in [4.78, 5) is 14.5. The summed E-state index contributed by atoms with van der Waals surface area (Å²) in [6, 6.07) is 12.0. The molecule has 0 bridgehead atoms. The molecular weight excluding hydrogens is 398 g/mol. The summed E-state index contributed by atoms with van der Waals surface area (Å²) in [5.74, 6) is 0. The maximum Gasteiger partial charge on any atom is 0.321 e. The predicted octanol–water partition coefficient (Wildman–Crippen LogP) is 3.89. The van der Waals surface area contributed by atoms with Crippen LogP contribution in [0, 0.1) is 13.8 Å². The zero-order chi connectivity index (χ0) is 20.3. The lowest BCUT2D eigenvalue weighted by atomic mass is 10.2. The van der Waals surface area contributed by atoms with E-state index in [0.717, 1.165) is 11.1 Å². The average Bonchev–Trinajstić information content (AvgIpc) is 2.88. The SMILES string of the molecule is Cc1ccc(S(=O)(=O)N2CCCN(C(=O)Nc3cccc(Cl)c3)CC2)c(C)c1. The second kappa shape index (κ2) is 8.51. The number of aryl methyl sites for hydroxylation is 2. The van der Waals surface area contributed by atoms with Crippen molar-refractivity contribution >= 4 is 33.3 Å². The van der Waals surface area contributed by atoms with Crippen LogP contribution < -0.4 is 5.32 Å². The minimum atomic E-state index is -3.59. The number of carbonyl (C=O) groups excluding carboxylic acids is 1. The lowest BCUT2D eigenvalue weighted by Gasteiger charge is -2.23. The van der Waals surface area contributed by atoms with Crippen LogP contribution in [-0.4, -0.2) is 49.8 Å². The van der Waals surface area contributed by atoms with E-state index in [2.05, 4.69) is 5.32 Å². The van der Waals surface area contributed by atoms with Crippen LogP contribution in [0.5, 0.6) is 0 Å². The fourth-order valence-electron chi connectivity index (χ4n) is 3.33. The van der Waals surface area contributed by atoms with E-state index < -0.39 is 10.0 Å². The topological polar surface area (TPSA) is 69.7 Å². The van der Waals surface area contributed by atoms with Gasteiger partial charge in [-0.1, -0.05) is 35.4 Å². The highest BCUT2D eigenvalue weighted by molar-refractivity contribution is 7.89. The van der Waals surface area contributed by atoms with Crippen LogP contribution in [0.2, 0.25) is 5.02 Å². The van der Waals surface area contributed by atoms with Crippen molar-refractivity contribution < 1.29 is 13.2 Å². The second-order valence-corrected chi connectivity index (χ2v) is 9.30. The number of benzene rings is 2. The number of carbonyl (C=O) groups is 1. The molecule has 1 aliphatic heterocycles. The highest BCUT2D eigenvalue weighted by Crippen LogP contribution is 2.22. The highest BCUT2D eigenvalue weighted by atomic mass is 35.5. The predicted molar refractivity (Wildman–Crippen MR) is 111 cm³/mol. The van der Waals surface area contributed by atoms with E-state index in [1.165, 1.54) is 4.31 Å². The molecule has 0 atom stereocenters. The van der Waals surface area contributed by atoms with Crippen LogP contribution >= 0.6 is 11.6 Å². The third-order valence-corrected chi connectivity index (χ3v) is 7.06. The number of hydrogen-bond donors (Lipinski definition) is 1. The van der Waals surface area contributed by atoms with Gasteiger partial charge in [-0.15, -0.1) is 0 Å². The van der Waals surface area contributed by atoms with Crippen molar-refractivity contribution in [3.8, 4) is 0 Å². The van der Waals surface area contributed by atoms with E-state index in [0.29, 0.717) is 41.7 Å². The van der Waals surface area contributed by atoms with Crippen molar-refractivity contribution in [2.45, 2.75) is 25.2 Å². The van der Waals surface area contributed by atoms with Gasteiger partial charge in [-0.25, -0.2) is 13.2 Å². The Morgan fingerprint density at radius 3 is 2.54 bits per heavy atom. The molecule has 1 heterocycles. The smallest absolute Gasteiger partial charge is 0.321 e. The third-order valence-electron chi connectivity index (χ3n) is 4.77. The fraction of sp³-hybridized carbons (Fsp3) is 0.350. The largest absolute Gasteiger partial charge is 0.323 e. The summed E-state index contributed by atoms with van der Waals surface area (Å²) < 4.78 is 27.6. The molecule has 8 heteroatoms. The zero-order valence-corrected chi connectivity index (χ0v) is 17.6. The zero-order valence-electron chi connectivity index (χ0n) is 16.0. The number of halogens is 1. The molecule has 0 aliphatic carbocycles. The molecule has 1 fully saturated rings. The van der Waals surface area contributed by atoms with Gasteiger partial charge in [-0.3, -0.25) is 0 Å². The minimum absolute atomic E-state index is 0.256. The Hall–Kier alpha value is -2.09. The van der Waals surface area contributed by atoms with E-state index >= 15 is 0 Å². The first kappa shape index (κ1) is 20.6. The van der Waals surface area contributed by atoms with Gasteiger partial charge in [0.05, 0.1) is 4.90 Å². The molecule has 0 saturated carbocycles. The maximum absolute atomic E-state index is 13.1. The molecule has 3 rings (SSSR count). The van der Waals surface area contributed by atoms with Gasteiger partial charge in [0, 0.05) is 36.9 Å². The number of rotatable bonds is 3. The molecule has 0 unspecified atom stereocenters. The average molecular weight is 422 g/mol. The summed E-state index contributed by atoms with van der Waals surface area (Å²) >= 11 is 5.95. The van der Waals surface area contributed by atoms with E-state index in [-0.39, 0.29) is 12.6 Å². The fourth-order valence-corrected chi connectivity index (χ4v) is 5.20. The Balaban J connectivity index is 1.69. The number of hydrogen-bond acceptors (Lipinski definition) is 3. The Bertz CT molecular complexity index is 978. The summed E-state index contributed by atoms with van der Waals surface area (Å²) in [5, 5.41) is 3.36. The van der Waals surface area contributed by atoms with Crippen LogP contribution in [0.4, 0.5) is 10.5 Å². The Morgan fingerprint density at radius 1 is 1.04 bits per heavy atom. The Kier molecular flexibility index (Phi) is 6.27. The van der Waals surface area contributed by atoms with Crippen LogP contribution in [0.15, 0.2) is 47.4 Å². The molecule has 2 aromatic carbocycles. The van der Waals surface area contributed by atoms with Crippen LogP contribution in [-0.2, 0) is 10.0 Å². The molecule has 1 N–H and O–H groups in total. The van der Waals surface area contributed by atoms with Crippen molar-refractivity contribution in [2.24, 2.45) is 0 Å². The van der Waals surface area contributed by atoms with E-state index in [4.69, 9.17) is 11.6 Å². The molecule has 0 spiro atoms. The monoisotopic (exact) mass is 421 g/mol. The summed E-state index contributed by atoms with van der Waals surface area (Å²) in [5.41, 5.74) is 2.37. The number of nitrogens with one attached hydrogen (secondary N) is 1. The van der Waals surface area contributed by atoms with Crippen molar-refractivity contribution in [1.29, 1.82) is 0 Å². The van der Waals surface area contributed by atoms with Gasteiger partial charge < -0.3 is 10.2 Å². The lowest BCUT2D eigenvalue weighted by molar-refractivity contribution is 0.214. The maximum atomic E-state index is 13.1. The molecule has 2 amide bonds. The van der Waals surface area contributed by atoms with Gasteiger partial charge in [-0.2, -0.15) is 4.31 Å². The molecule has 0 radical (unpaired) electrons. The first-order valence-corrected chi connectivity index (χ1v) is 11.0. The van der Waals surface area contributed by atoms with E-state index in [9.17, 15) is 13.2 Å². The number of anilines is 1. The van der Waals surface area contributed by atoms with Gasteiger partial charge in [0.15, 0.2) is 0 Å². The molecule has 1 saturated heterocycles. The first-order chi connectivity index (χ1) is 13.3. The molecule has 150 valence electrons. The van der Waals surface area contributed by atoms with Crippen molar-refractivity contribution in [2.75, 3.05) is 31.5 Å². The summed E-state index contributed by atoms with van der Waals surface area (Å²) in [6.07, 6.45) is 0.576. The van der Waals surface area contributed by atoms with Crippen molar-refractivity contribution in [3.63, 3.8) is 0 Å². The molecule has 6 nitrogen and oxygen atoms in total. The van der Waals surface area contributed by atoms with Gasteiger partial charge in [0.1, 0.15) is 0 Å². The quantitative estimate of drug-likeness (QED) is 0.817. The van der Waals surface area contributed by atoms with Crippen LogP contribution in [0.3, 0.4) is 0 Å². The van der Waals surface area contributed by atoms with E-state index in [1.54, 1.807) is 35.2 Å². The Labute approximate surface area is 171 Å². The number of urea groups is 1. The van der Waals surface area contributed by atoms with Gasteiger partial charge in [0.2, 0.25) is 10.0 Å². The van der Waals surface area contributed by atoms with Gasteiger partial charge in [-0.05, 0) is 50.1 Å². The summed E-state index contributed by atoms with van der Waals surface area (Å²) in [6.45, 7) is 5.21. The molecular formula is C20H24ClN3O3S. The number of sulfonamides is 1. The first-order valence-electron chi connectivity index (χ1n) is 9.16. The second-order valence-electron chi connectivity index (χ2n) is 6.95. The lowest BCUT2D eigenvalue weighted by Crippen LogP contribution is -2.39. The van der Waals surface area contributed by atoms with Crippen molar-refractivity contribution in [3.05, 3.63) is 58.6 Å². The Morgan fingerprint density at radius 2 is 1.82 bits per heavy atom. The van der Waals surface area contributed by atoms with Crippen LogP contribution in [0.25, 0.3) is 0 Å². The minimum Gasteiger partial charge on any atom is -0.323 e. The highest BCUT2D eigenvalue weighted by Gasteiger charge is 2.29. The molecule has 1 aliphatic rings. The summed E-state index contributed by atoms with van der Waals surface area (Å²) in [7, 11) is -3.59. The normalized spacial score (nSPS) is 15.9. The van der Waals surface area contributed by atoms with E-state index in [1.807, 2.05) is 26.0 Å². The number of nitrogens with zero attached hydrogens (tertiary/aromatic N) is 2. The molecule has 2 aromatic rings. The molecule has 0 aromatic heterocycles. The van der Waals surface area contributed by atoms with Crippen molar-refractivity contribution in [1.82, 2.24) is 9.21 Å².